The van der Waals surface area contributed by atoms with E-state index in [4.69, 9.17) is 9.47 Å². The Bertz CT molecular complexity index is 1020. The van der Waals surface area contributed by atoms with Gasteiger partial charge >= 0.3 is 12.0 Å². The number of methoxy groups -OCH3 is 1. The maximum atomic E-state index is 13.2. The van der Waals surface area contributed by atoms with Crippen molar-refractivity contribution in [2.75, 3.05) is 38.7 Å². The van der Waals surface area contributed by atoms with Crippen LogP contribution in [0.25, 0.3) is 0 Å². The molecule has 1 saturated heterocycles. The number of hydrogen-bond acceptors (Lipinski definition) is 7. The Morgan fingerprint density at radius 3 is 2.55 bits per heavy atom. The summed E-state index contributed by atoms with van der Waals surface area (Å²) in [5.74, 6) is -0.0878. The molecule has 0 saturated carbocycles. The zero-order chi connectivity index (χ0) is 24.0. The quantitative estimate of drug-likeness (QED) is 0.487. The van der Waals surface area contributed by atoms with E-state index in [-0.39, 0.29) is 18.0 Å². The van der Waals surface area contributed by atoms with Crippen molar-refractivity contribution in [2.45, 2.75) is 50.5 Å². The summed E-state index contributed by atoms with van der Waals surface area (Å²) in [6, 6.07) is 3.68. The van der Waals surface area contributed by atoms with Gasteiger partial charge in [-0.25, -0.2) is 18.0 Å². The van der Waals surface area contributed by atoms with Crippen molar-refractivity contribution in [1.82, 2.24) is 14.9 Å². The van der Waals surface area contributed by atoms with Crippen LogP contribution in [-0.4, -0.2) is 64.1 Å². The Morgan fingerprint density at radius 1 is 1.21 bits per heavy atom. The molecule has 0 spiro atoms. The molecule has 1 aromatic carbocycles. The number of anilines is 1. The summed E-state index contributed by atoms with van der Waals surface area (Å²) in [7, 11) is -2.17. The molecule has 10 nitrogen and oxygen atoms in total. The highest BCUT2D eigenvalue weighted by molar-refractivity contribution is 7.89. The third kappa shape index (κ3) is 5.77. The SMILES string of the molecule is CCOC(=O)C1=C(CNc2cc(S(=O)(=O)N3CCCCCC3)ccc2OC)NC(=O)NC1C. The van der Waals surface area contributed by atoms with Crippen LogP contribution < -0.4 is 20.7 Å². The average Bonchev–Trinajstić information content (AvgIpc) is 3.07. The Hall–Kier alpha value is -2.79. The minimum Gasteiger partial charge on any atom is -0.495 e. The van der Waals surface area contributed by atoms with E-state index in [1.165, 1.54) is 23.5 Å². The number of rotatable bonds is 8. The summed E-state index contributed by atoms with van der Waals surface area (Å²) < 4.78 is 38.5. The predicted molar refractivity (Wildman–Crippen MR) is 123 cm³/mol. The number of sulfonamides is 1. The lowest BCUT2D eigenvalue weighted by molar-refractivity contribution is -0.139. The molecule has 2 heterocycles. The molecule has 2 amide bonds. The molecule has 1 aromatic rings. The highest BCUT2D eigenvalue weighted by Gasteiger charge is 2.30. The largest absolute Gasteiger partial charge is 0.495 e. The fourth-order valence-corrected chi connectivity index (χ4v) is 5.56. The molecule has 3 rings (SSSR count). The molecule has 1 atom stereocenters. The maximum Gasteiger partial charge on any atom is 0.337 e. The summed E-state index contributed by atoms with van der Waals surface area (Å²) in [5, 5.41) is 8.40. The minimum absolute atomic E-state index is 0.0650. The Kier molecular flexibility index (Phi) is 8.20. The Morgan fingerprint density at radius 2 is 1.91 bits per heavy atom. The summed E-state index contributed by atoms with van der Waals surface area (Å²) in [6.07, 6.45) is 3.74. The zero-order valence-corrected chi connectivity index (χ0v) is 20.1. The molecule has 11 heteroatoms. The first-order valence-corrected chi connectivity index (χ1v) is 12.6. The van der Waals surface area contributed by atoms with Crippen molar-refractivity contribution in [3.63, 3.8) is 0 Å². The number of amides is 2. The fraction of sp³-hybridized carbons (Fsp3) is 0.545. The van der Waals surface area contributed by atoms with Crippen LogP contribution in [0.15, 0.2) is 34.4 Å². The Labute approximate surface area is 194 Å². The lowest BCUT2D eigenvalue weighted by Crippen LogP contribution is -2.50. The van der Waals surface area contributed by atoms with Gasteiger partial charge in [0, 0.05) is 13.1 Å². The first kappa shape index (κ1) is 24.8. The van der Waals surface area contributed by atoms with Crippen LogP contribution >= 0.6 is 0 Å². The number of ether oxygens (including phenoxy) is 2. The van der Waals surface area contributed by atoms with Gasteiger partial charge in [0.05, 0.1) is 48.2 Å². The molecule has 1 fully saturated rings. The molecule has 33 heavy (non-hydrogen) atoms. The second kappa shape index (κ2) is 10.9. The van der Waals surface area contributed by atoms with E-state index < -0.39 is 28.1 Å². The summed E-state index contributed by atoms with van der Waals surface area (Å²) in [5.41, 5.74) is 1.09. The van der Waals surface area contributed by atoms with Crippen molar-refractivity contribution in [2.24, 2.45) is 0 Å². The monoisotopic (exact) mass is 480 g/mol. The molecule has 2 aliphatic heterocycles. The van der Waals surface area contributed by atoms with Gasteiger partial charge in [-0.1, -0.05) is 12.8 Å². The number of hydrogen-bond donors (Lipinski definition) is 3. The third-order valence-electron chi connectivity index (χ3n) is 5.69. The van der Waals surface area contributed by atoms with Gasteiger partial charge in [0.25, 0.3) is 0 Å². The highest BCUT2D eigenvalue weighted by atomic mass is 32.2. The van der Waals surface area contributed by atoms with E-state index in [1.807, 2.05) is 0 Å². The number of nitrogens with zero attached hydrogens (tertiary/aromatic N) is 1. The maximum absolute atomic E-state index is 13.2. The normalized spacial score (nSPS) is 19.8. The fourth-order valence-electron chi connectivity index (χ4n) is 4.02. The second-order valence-electron chi connectivity index (χ2n) is 7.97. The van der Waals surface area contributed by atoms with Gasteiger partial charge in [0.2, 0.25) is 10.0 Å². The summed E-state index contributed by atoms with van der Waals surface area (Å²) >= 11 is 0. The lowest BCUT2D eigenvalue weighted by atomic mass is 10.0. The smallest absolute Gasteiger partial charge is 0.337 e. The van der Waals surface area contributed by atoms with E-state index in [9.17, 15) is 18.0 Å². The van der Waals surface area contributed by atoms with E-state index in [0.717, 1.165) is 25.7 Å². The molecule has 182 valence electrons. The summed E-state index contributed by atoms with van der Waals surface area (Å²) in [6.45, 7) is 4.67. The minimum atomic E-state index is -3.65. The number of carbonyl (C=O) groups is 2. The van der Waals surface area contributed by atoms with E-state index in [1.54, 1.807) is 19.9 Å². The van der Waals surface area contributed by atoms with Gasteiger partial charge in [-0.2, -0.15) is 4.31 Å². The van der Waals surface area contributed by atoms with Gasteiger partial charge in [0.15, 0.2) is 0 Å². The van der Waals surface area contributed by atoms with Crippen molar-refractivity contribution >= 4 is 27.7 Å². The highest BCUT2D eigenvalue weighted by Crippen LogP contribution is 2.30. The van der Waals surface area contributed by atoms with Crippen LogP contribution in [0.4, 0.5) is 10.5 Å². The predicted octanol–water partition coefficient (Wildman–Crippen LogP) is 2.19. The molecule has 0 aliphatic carbocycles. The van der Waals surface area contributed by atoms with Gasteiger partial charge in [-0.3, -0.25) is 0 Å². The molecule has 0 bridgehead atoms. The number of benzene rings is 1. The number of carbonyl (C=O) groups excluding carboxylic acids is 2. The molecule has 0 radical (unpaired) electrons. The molecular weight excluding hydrogens is 448 g/mol. The first-order chi connectivity index (χ1) is 15.8. The first-order valence-electron chi connectivity index (χ1n) is 11.2. The number of esters is 1. The van der Waals surface area contributed by atoms with Crippen LogP contribution in [0, 0.1) is 0 Å². The molecule has 1 unspecified atom stereocenters. The van der Waals surface area contributed by atoms with Crippen molar-refractivity contribution < 1.29 is 27.5 Å². The second-order valence-corrected chi connectivity index (χ2v) is 9.90. The molecule has 2 aliphatic rings. The van der Waals surface area contributed by atoms with Crippen molar-refractivity contribution in [1.29, 1.82) is 0 Å². The number of nitrogens with one attached hydrogen (secondary N) is 3. The van der Waals surface area contributed by atoms with E-state index >= 15 is 0 Å². The topological polar surface area (TPSA) is 126 Å². The van der Waals surface area contributed by atoms with E-state index in [0.29, 0.717) is 35.8 Å². The molecule has 0 aromatic heterocycles. The van der Waals surface area contributed by atoms with Crippen LogP contribution in [0.5, 0.6) is 5.75 Å². The third-order valence-corrected chi connectivity index (χ3v) is 7.59. The van der Waals surface area contributed by atoms with Gasteiger partial charge in [-0.15, -0.1) is 0 Å². The van der Waals surface area contributed by atoms with Gasteiger partial charge < -0.3 is 25.4 Å². The molecular formula is C22H32N4O6S. The van der Waals surface area contributed by atoms with E-state index in [2.05, 4.69) is 16.0 Å². The van der Waals surface area contributed by atoms with Crippen LogP contribution in [0.3, 0.4) is 0 Å². The van der Waals surface area contributed by atoms with Crippen molar-refractivity contribution in [3.05, 3.63) is 29.5 Å². The van der Waals surface area contributed by atoms with Crippen LogP contribution in [0.2, 0.25) is 0 Å². The van der Waals surface area contributed by atoms with Gasteiger partial charge in [-0.05, 0) is 44.9 Å². The molecule has 3 N–H and O–H groups in total. The standard InChI is InChI=1S/C22H32N4O6S/c1-4-32-21(27)20-15(2)24-22(28)25-18(20)14-23-17-13-16(9-10-19(17)31-3)33(29,30)26-11-7-5-6-8-12-26/h9-10,13,15,23H,4-8,11-12,14H2,1-3H3,(H2,24,25,28). The average molecular weight is 481 g/mol. The van der Waals surface area contributed by atoms with Crippen molar-refractivity contribution in [3.8, 4) is 5.75 Å². The van der Waals surface area contributed by atoms with Gasteiger partial charge in [0.1, 0.15) is 5.75 Å². The van der Waals surface area contributed by atoms with Crippen LogP contribution in [0.1, 0.15) is 39.5 Å². The summed E-state index contributed by atoms with van der Waals surface area (Å²) in [4.78, 5) is 24.6. The van der Waals surface area contributed by atoms with Crippen LogP contribution in [-0.2, 0) is 19.6 Å². The Balaban J connectivity index is 1.88. The zero-order valence-electron chi connectivity index (χ0n) is 19.3. The number of urea groups is 1. The lowest BCUT2D eigenvalue weighted by Gasteiger charge is -2.27.